The second-order valence-electron chi connectivity index (χ2n) is 11.0. The molecule has 1 fully saturated rings. The third-order valence-electron chi connectivity index (χ3n) is 8.44. The van der Waals surface area contributed by atoms with E-state index in [1.807, 2.05) is 6.92 Å². The number of rotatable bonds is 9. The maximum atomic E-state index is 14.0. The van der Waals surface area contributed by atoms with Crippen LogP contribution in [0.5, 0.6) is 0 Å². The minimum Gasteiger partial charge on any atom is -0.300 e. The van der Waals surface area contributed by atoms with Gasteiger partial charge in [0.1, 0.15) is 17.5 Å². The Morgan fingerprint density at radius 2 is 1.46 bits per heavy atom. The molecule has 0 aliphatic carbocycles. The van der Waals surface area contributed by atoms with Gasteiger partial charge in [0.25, 0.3) is 5.91 Å². The van der Waals surface area contributed by atoms with Crippen molar-refractivity contribution in [2.45, 2.75) is 57.5 Å². The lowest BCUT2D eigenvalue weighted by Gasteiger charge is -2.36. The van der Waals surface area contributed by atoms with Gasteiger partial charge in [0.05, 0.1) is 0 Å². The normalized spacial score (nSPS) is 18.8. The van der Waals surface area contributed by atoms with Crippen molar-refractivity contribution < 1.29 is 13.6 Å². The summed E-state index contributed by atoms with van der Waals surface area (Å²) in [4.78, 5) is 23.2. The number of amidine groups is 1. The van der Waals surface area contributed by atoms with Crippen LogP contribution < -0.4 is 0 Å². The first-order valence-electron chi connectivity index (χ1n) is 14.1. The van der Waals surface area contributed by atoms with E-state index in [1.54, 1.807) is 29.2 Å². The molecule has 2 heterocycles. The van der Waals surface area contributed by atoms with Crippen LogP contribution >= 0.6 is 0 Å². The predicted octanol–water partition coefficient (Wildman–Crippen LogP) is 6.59. The molecule has 6 heteroatoms. The van der Waals surface area contributed by atoms with Crippen LogP contribution in [0.25, 0.3) is 0 Å². The van der Waals surface area contributed by atoms with Crippen LogP contribution in [0.4, 0.5) is 8.78 Å². The number of hydrogen-bond acceptors (Lipinski definition) is 3. The van der Waals surface area contributed by atoms with Crippen molar-refractivity contribution in [1.82, 2.24) is 9.80 Å². The molecule has 39 heavy (non-hydrogen) atoms. The van der Waals surface area contributed by atoms with Crippen molar-refractivity contribution in [2.75, 3.05) is 19.6 Å². The molecule has 204 valence electrons. The number of hydrogen-bond donors (Lipinski definition) is 0. The summed E-state index contributed by atoms with van der Waals surface area (Å²) >= 11 is 0. The van der Waals surface area contributed by atoms with Gasteiger partial charge in [-0.2, -0.15) is 0 Å². The van der Waals surface area contributed by atoms with E-state index in [2.05, 4.69) is 42.2 Å². The second kappa shape index (κ2) is 11.8. The fourth-order valence-electron chi connectivity index (χ4n) is 6.19. The van der Waals surface area contributed by atoms with Crippen LogP contribution in [0, 0.1) is 17.6 Å². The van der Waals surface area contributed by atoms with Gasteiger partial charge in [-0.3, -0.25) is 9.69 Å². The van der Waals surface area contributed by atoms with Gasteiger partial charge in [-0.25, -0.2) is 13.8 Å². The topological polar surface area (TPSA) is 35.9 Å². The molecule has 1 atom stereocenters. The summed E-state index contributed by atoms with van der Waals surface area (Å²) in [6.45, 7) is 6.98. The van der Waals surface area contributed by atoms with Crippen LogP contribution in [0.3, 0.4) is 0 Å². The Labute approximate surface area is 230 Å². The zero-order valence-electron chi connectivity index (χ0n) is 22.8. The highest BCUT2D eigenvalue weighted by molar-refractivity contribution is 6.09. The number of benzene rings is 3. The number of likely N-dealkylation sites (tertiary alicyclic amines) is 1. The van der Waals surface area contributed by atoms with Crippen molar-refractivity contribution in [1.29, 1.82) is 0 Å². The summed E-state index contributed by atoms with van der Waals surface area (Å²) in [7, 11) is 0. The Bertz CT molecular complexity index is 1240. The Kier molecular flexibility index (Phi) is 8.22. The monoisotopic (exact) mass is 529 g/mol. The highest BCUT2D eigenvalue weighted by Gasteiger charge is 2.49. The number of halogens is 2. The molecule has 4 nitrogen and oxygen atoms in total. The summed E-state index contributed by atoms with van der Waals surface area (Å²) in [5, 5.41) is 0. The van der Waals surface area contributed by atoms with Crippen molar-refractivity contribution in [3.8, 4) is 0 Å². The summed E-state index contributed by atoms with van der Waals surface area (Å²) < 4.78 is 27.5. The van der Waals surface area contributed by atoms with Crippen LogP contribution in [-0.4, -0.2) is 47.2 Å². The summed E-state index contributed by atoms with van der Waals surface area (Å²) in [6, 6.07) is 23.0. The molecule has 0 radical (unpaired) electrons. The number of piperidine rings is 1. The summed E-state index contributed by atoms with van der Waals surface area (Å²) in [5.74, 6) is 0.369. The molecular formula is C33H37F2N3O. The van der Waals surface area contributed by atoms with Crippen LogP contribution in [0.1, 0.15) is 56.2 Å². The van der Waals surface area contributed by atoms with Crippen LogP contribution in [0.2, 0.25) is 0 Å². The van der Waals surface area contributed by atoms with Crippen molar-refractivity contribution in [3.63, 3.8) is 0 Å². The van der Waals surface area contributed by atoms with Crippen molar-refractivity contribution in [2.24, 2.45) is 10.9 Å². The first-order valence-corrected chi connectivity index (χ1v) is 14.1. The zero-order valence-corrected chi connectivity index (χ0v) is 22.8. The van der Waals surface area contributed by atoms with Gasteiger partial charge in [0, 0.05) is 12.6 Å². The minimum atomic E-state index is -1.33. The highest BCUT2D eigenvalue weighted by atomic mass is 19.1. The number of aliphatic imine (C=N–C) groups is 1. The molecule has 0 bridgehead atoms. The van der Waals surface area contributed by atoms with E-state index in [1.165, 1.54) is 42.7 Å². The standard InChI is InChI=1S/C33H37F2N3O/c1-24(23-27-7-4-3-5-8-27)37-21-18-26(19-22-37)9-6-20-38-25(2)36-33(32(38)39,28-10-14-30(34)15-11-28)29-12-16-31(35)17-13-29/h3-5,7-8,10-17,24,26H,6,9,18-23H2,1-2H3. The Morgan fingerprint density at radius 1 is 0.897 bits per heavy atom. The molecule has 2 aliphatic rings. The Hall–Kier alpha value is -3.38. The number of nitrogens with zero attached hydrogens (tertiary/aromatic N) is 3. The molecule has 0 spiro atoms. The SMILES string of the molecule is CC1=NC(c2ccc(F)cc2)(c2ccc(F)cc2)C(=O)N1CCCC1CCN(C(C)Cc2ccccc2)CC1. The first kappa shape index (κ1) is 27.2. The Morgan fingerprint density at radius 3 is 2.03 bits per heavy atom. The third-order valence-corrected chi connectivity index (χ3v) is 8.44. The van der Waals surface area contributed by atoms with Crippen LogP contribution in [0.15, 0.2) is 83.9 Å². The molecule has 3 aromatic carbocycles. The van der Waals surface area contributed by atoms with Crippen LogP contribution in [-0.2, 0) is 16.8 Å². The zero-order chi connectivity index (χ0) is 27.4. The van der Waals surface area contributed by atoms with Gasteiger partial charge >= 0.3 is 0 Å². The highest BCUT2D eigenvalue weighted by Crippen LogP contribution is 2.40. The summed E-state index contributed by atoms with van der Waals surface area (Å²) in [6.07, 6.45) is 5.39. The van der Waals surface area contributed by atoms with E-state index in [4.69, 9.17) is 4.99 Å². The van der Waals surface area contributed by atoms with Gasteiger partial charge in [-0.15, -0.1) is 0 Å². The summed E-state index contributed by atoms with van der Waals surface area (Å²) in [5.41, 5.74) is 1.22. The molecule has 0 N–H and O–H groups in total. The number of carbonyl (C=O) groups is 1. The van der Waals surface area contributed by atoms with Gasteiger partial charge in [-0.05, 0) is 106 Å². The molecule has 1 unspecified atom stereocenters. The van der Waals surface area contributed by atoms with Gasteiger partial charge in [0.2, 0.25) is 0 Å². The lowest BCUT2D eigenvalue weighted by atomic mass is 9.82. The largest absolute Gasteiger partial charge is 0.300 e. The Balaban J connectivity index is 1.20. The van der Waals surface area contributed by atoms with E-state index in [-0.39, 0.29) is 17.5 Å². The van der Waals surface area contributed by atoms with Gasteiger partial charge in [0.15, 0.2) is 5.54 Å². The average molecular weight is 530 g/mol. The lowest BCUT2D eigenvalue weighted by Crippen LogP contribution is -2.42. The predicted molar refractivity (Wildman–Crippen MR) is 152 cm³/mol. The minimum absolute atomic E-state index is 0.164. The van der Waals surface area contributed by atoms with Gasteiger partial charge < -0.3 is 4.90 Å². The van der Waals surface area contributed by atoms with E-state index in [0.717, 1.165) is 32.4 Å². The smallest absolute Gasteiger partial charge is 0.265 e. The van der Waals surface area contributed by atoms with E-state index >= 15 is 0 Å². The van der Waals surface area contributed by atoms with E-state index < -0.39 is 5.54 Å². The third kappa shape index (κ3) is 5.81. The van der Waals surface area contributed by atoms with Gasteiger partial charge in [-0.1, -0.05) is 54.6 Å². The first-order chi connectivity index (χ1) is 18.9. The average Bonchev–Trinajstić information content (AvgIpc) is 3.20. The molecular weight excluding hydrogens is 492 g/mol. The van der Waals surface area contributed by atoms with E-state index in [0.29, 0.717) is 35.5 Å². The quantitative estimate of drug-likeness (QED) is 0.313. The lowest BCUT2D eigenvalue weighted by molar-refractivity contribution is -0.130. The molecule has 1 amide bonds. The maximum absolute atomic E-state index is 14.0. The second-order valence-corrected chi connectivity index (χ2v) is 11.0. The molecule has 5 rings (SSSR count). The molecule has 0 saturated carbocycles. The number of carbonyl (C=O) groups excluding carboxylic acids is 1. The fourth-order valence-corrected chi connectivity index (χ4v) is 6.19. The molecule has 0 aromatic heterocycles. The maximum Gasteiger partial charge on any atom is 0.265 e. The number of amides is 1. The fraction of sp³-hybridized carbons (Fsp3) is 0.394. The van der Waals surface area contributed by atoms with Crippen molar-refractivity contribution >= 4 is 11.7 Å². The van der Waals surface area contributed by atoms with Crippen molar-refractivity contribution in [3.05, 3.63) is 107 Å². The molecule has 1 saturated heterocycles. The molecule has 2 aliphatic heterocycles. The van der Waals surface area contributed by atoms with E-state index in [9.17, 15) is 13.6 Å². The molecule has 3 aromatic rings.